The fourth-order valence-corrected chi connectivity index (χ4v) is 7.95. The summed E-state index contributed by atoms with van der Waals surface area (Å²) in [5.74, 6) is -1.18. The van der Waals surface area contributed by atoms with Crippen LogP contribution in [0.1, 0.15) is 69.1 Å². The van der Waals surface area contributed by atoms with Crippen molar-refractivity contribution in [2.45, 2.75) is 78.6 Å². The molecule has 2 saturated heterocycles. The van der Waals surface area contributed by atoms with Crippen molar-refractivity contribution in [2.24, 2.45) is 17.8 Å². The Morgan fingerprint density at radius 2 is 1.64 bits per heavy atom. The molecule has 6 rings (SSSR count). The summed E-state index contributed by atoms with van der Waals surface area (Å²) in [4.78, 5) is 29.4. The minimum Gasteiger partial charge on any atom is -0.507 e. The number of phenolic OH excluding ortho intramolecular Hbond substituents is 1. The molecule has 3 N–H and O–H groups in total. The number of carbonyl (C=O) groups excluding carboxylic acids is 2. The first kappa shape index (κ1) is 32.8. The van der Waals surface area contributed by atoms with E-state index in [1.54, 1.807) is 0 Å². The molecule has 0 saturated carbocycles. The van der Waals surface area contributed by atoms with Gasteiger partial charge in [0.25, 0.3) is 0 Å². The van der Waals surface area contributed by atoms with E-state index in [9.17, 15) is 19.7 Å². The highest BCUT2D eigenvalue weighted by molar-refractivity contribution is 6.43. The first-order valence-corrected chi connectivity index (χ1v) is 17.0. The number of phenols is 1. The number of aromatic hydroxyl groups is 1. The van der Waals surface area contributed by atoms with Crippen LogP contribution in [0.25, 0.3) is 6.08 Å². The normalized spacial score (nSPS) is 22.9. The summed E-state index contributed by atoms with van der Waals surface area (Å²) >= 11 is 0. The number of hydrogen-bond donors (Lipinski definition) is 3. The molecule has 3 aromatic carbocycles. The molecule has 1 aliphatic carbocycles. The molecule has 8 heteroatoms. The molecule has 2 fully saturated rings. The molecule has 2 heterocycles. The molecule has 7 nitrogen and oxygen atoms in total. The number of para-hydroxylation sites is 1. The van der Waals surface area contributed by atoms with Crippen molar-refractivity contribution in [3.8, 4) is 5.75 Å². The lowest BCUT2D eigenvalue weighted by molar-refractivity contribution is -0.122. The van der Waals surface area contributed by atoms with Crippen LogP contribution in [0.5, 0.6) is 5.75 Å². The highest BCUT2D eigenvalue weighted by Gasteiger charge is 2.57. The summed E-state index contributed by atoms with van der Waals surface area (Å²) in [7, 11) is -0.994. The zero-order valence-electron chi connectivity index (χ0n) is 27.8. The van der Waals surface area contributed by atoms with Crippen LogP contribution in [0.2, 0.25) is 6.32 Å². The Labute approximate surface area is 278 Å². The van der Waals surface area contributed by atoms with Gasteiger partial charge in [0.05, 0.1) is 23.6 Å². The summed E-state index contributed by atoms with van der Waals surface area (Å²) in [6.07, 6.45) is 6.93. The minimum absolute atomic E-state index is 0.154. The minimum atomic E-state index is -0.994. The lowest BCUT2D eigenvalue weighted by Gasteiger charge is -2.43. The third kappa shape index (κ3) is 6.67. The summed E-state index contributed by atoms with van der Waals surface area (Å²) in [6.45, 7) is 8.11. The second kappa shape index (κ2) is 13.9. The van der Waals surface area contributed by atoms with Crippen LogP contribution in [0.15, 0.2) is 83.4 Å². The SMILES string of the molecule is CCC/C(=C\c1cc(C)c(O)c(C)c1)CC[C@H]1OB(O)C[C@H]2C1=C(CC)C[C@H]1C(=O)N(c3ccc(Nc4ccccc4)cc3)C(=O)[C@H]12. The van der Waals surface area contributed by atoms with Gasteiger partial charge in [0, 0.05) is 11.4 Å². The average molecular weight is 633 g/mol. The molecule has 0 bridgehead atoms. The Kier molecular flexibility index (Phi) is 9.71. The molecule has 47 heavy (non-hydrogen) atoms. The highest BCUT2D eigenvalue weighted by Crippen LogP contribution is 2.52. The molecular weight excluding hydrogens is 587 g/mol. The van der Waals surface area contributed by atoms with Crippen LogP contribution in [0, 0.1) is 31.6 Å². The van der Waals surface area contributed by atoms with Gasteiger partial charge in [0.15, 0.2) is 0 Å². The van der Waals surface area contributed by atoms with Gasteiger partial charge in [-0.3, -0.25) is 14.5 Å². The number of rotatable bonds is 10. The molecule has 244 valence electrons. The molecule has 0 spiro atoms. The highest BCUT2D eigenvalue weighted by atomic mass is 16.5. The van der Waals surface area contributed by atoms with E-state index in [-0.39, 0.29) is 23.8 Å². The molecule has 0 aromatic heterocycles. The van der Waals surface area contributed by atoms with E-state index in [4.69, 9.17) is 4.65 Å². The molecule has 3 aliphatic rings. The van der Waals surface area contributed by atoms with Crippen molar-refractivity contribution >= 4 is 42.1 Å². The Morgan fingerprint density at radius 3 is 2.30 bits per heavy atom. The summed E-state index contributed by atoms with van der Waals surface area (Å²) in [6, 6.07) is 21.3. The van der Waals surface area contributed by atoms with E-state index < -0.39 is 19.0 Å². The number of allylic oxidation sites excluding steroid dienone is 2. The van der Waals surface area contributed by atoms with Crippen molar-refractivity contribution in [2.75, 3.05) is 10.2 Å². The van der Waals surface area contributed by atoms with E-state index in [1.165, 1.54) is 16.0 Å². The van der Waals surface area contributed by atoms with E-state index in [0.29, 0.717) is 30.6 Å². The zero-order chi connectivity index (χ0) is 33.2. The summed E-state index contributed by atoms with van der Waals surface area (Å²) < 4.78 is 6.23. The maximum absolute atomic E-state index is 14.1. The molecule has 3 aromatic rings. The van der Waals surface area contributed by atoms with Gasteiger partial charge >= 0.3 is 7.12 Å². The van der Waals surface area contributed by atoms with E-state index in [2.05, 4.69) is 25.2 Å². The summed E-state index contributed by atoms with van der Waals surface area (Å²) in [5, 5.41) is 24.6. The lowest BCUT2D eigenvalue weighted by atomic mass is 9.58. The summed E-state index contributed by atoms with van der Waals surface area (Å²) in [5.41, 5.74) is 8.77. The Bertz CT molecular complexity index is 1680. The van der Waals surface area contributed by atoms with Crippen LogP contribution in [0.3, 0.4) is 0 Å². The van der Waals surface area contributed by atoms with E-state index in [0.717, 1.165) is 59.3 Å². The number of benzene rings is 3. The van der Waals surface area contributed by atoms with Crippen LogP contribution < -0.4 is 10.2 Å². The number of imide groups is 1. The second-order valence-corrected chi connectivity index (χ2v) is 13.3. The van der Waals surface area contributed by atoms with Crippen molar-refractivity contribution in [1.29, 1.82) is 0 Å². The lowest BCUT2D eigenvalue weighted by Crippen LogP contribution is -2.46. The first-order chi connectivity index (χ1) is 22.7. The topological polar surface area (TPSA) is 99.1 Å². The molecular formula is C39H45BN2O5. The third-order valence-electron chi connectivity index (χ3n) is 10.1. The Hall–Kier alpha value is -4.14. The Morgan fingerprint density at radius 1 is 0.957 bits per heavy atom. The fourth-order valence-electron chi connectivity index (χ4n) is 7.95. The molecule has 4 atom stereocenters. The molecule has 0 unspecified atom stereocenters. The standard InChI is InChI=1S/C39H45BN2O5/c1-5-10-26(21-27-19-24(3)37(43)25(4)20-27)13-18-34-35-28(6-2)22-32-36(33(35)23-40(46)47-34)39(45)42(38(32)44)31-16-14-30(15-17-31)41-29-11-8-7-9-12-29/h7-9,11-12,14-17,19-21,32-34,36,41,43,46H,5-6,10,13,18,22-23H2,1-4H3/b26-21+/t32-,33+,34-,36-/m1/s1. The quantitative estimate of drug-likeness (QED) is 0.119. The maximum atomic E-state index is 14.1. The number of nitrogens with one attached hydrogen (secondary N) is 1. The fraction of sp³-hybridized carbons (Fsp3) is 0.385. The van der Waals surface area contributed by atoms with Gasteiger partial charge in [-0.1, -0.05) is 55.7 Å². The number of nitrogens with zero attached hydrogens (tertiary/aromatic N) is 1. The zero-order valence-corrected chi connectivity index (χ0v) is 27.8. The maximum Gasteiger partial charge on any atom is 0.455 e. The largest absolute Gasteiger partial charge is 0.507 e. The second-order valence-electron chi connectivity index (χ2n) is 13.3. The van der Waals surface area contributed by atoms with E-state index >= 15 is 0 Å². The number of hydrogen-bond acceptors (Lipinski definition) is 6. The van der Waals surface area contributed by atoms with Crippen molar-refractivity contribution in [3.63, 3.8) is 0 Å². The van der Waals surface area contributed by atoms with Gasteiger partial charge < -0.3 is 20.1 Å². The number of anilines is 3. The predicted octanol–water partition coefficient (Wildman–Crippen LogP) is 8.13. The number of fused-ring (bicyclic) bond motifs is 3. The average Bonchev–Trinajstić information content (AvgIpc) is 3.31. The van der Waals surface area contributed by atoms with Crippen LogP contribution >= 0.6 is 0 Å². The molecule has 0 radical (unpaired) electrons. The monoisotopic (exact) mass is 632 g/mol. The van der Waals surface area contributed by atoms with Crippen LogP contribution in [-0.4, -0.2) is 35.2 Å². The van der Waals surface area contributed by atoms with Crippen molar-refractivity contribution in [1.82, 2.24) is 0 Å². The predicted molar refractivity (Wildman–Crippen MR) is 188 cm³/mol. The third-order valence-corrected chi connectivity index (χ3v) is 10.1. The van der Waals surface area contributed by atoms with Crippen LogP contribution in [0.4, 0.5) is 17.1 Å². The number of amides is 2. The van der Waals surface area contributed by atoms with Gasteiger partial charge in [-0.2, -0.15) is 0 Å². The van der Waals surface area contributed by atoms with Gasteiger partial charge in [-0.25, -0.2) is 0 Å². The van der Waals surface area contributed by atoms with Crippen LogP contribution in [-0.2, 0) is 14.2 Å². The van der Waals surface area contributed by atoms with Gasteiger partial charge in [0.1, 0.15) is 5.75 Å². The van der Waals surface area contributed by atoms with Gasteiger partial charge in [0.2, 0.25) is 11.8 Å². The van der Waals surface area contributed by atoms with Crippen molar-refractivity contribution < 1.29 is 24.4 Å². The van der Waals surface area contributed by atoms with Crippen molar-refractivity contribution in [3.05, 3.63) is 100 Å². The number of aryl methyl sites for hydroxylation is 2. The Balaban J connectivity index is 1.23. The molecule has 2 aliphatic heterocycles. The molecule has 2 amide bonds. The smallest absolute Gasteiger partial charge is 0.455 e. The van der Waals surface area contributed by atoms with Gasteiger partial charge in [-0.05, 0) is 129 Å². The number of carbonyl (C=O) groups is 2. The first-order valence-electron chi connectivity index (χ1n) is 17.0. The van der Waals surface area contributed by atoms with Gasteiger partial charge in [-0.15, -0.1) is 0 Å². The van der Waals surface area contributed by atoms with E-state index in [1.807, 2.05) is 80.6 Å².